The molecule has 0 aliphatic carbocycles. The normalized spacial score (nSPS) is 15.6. The number of hydrogen-bond acceptors (Lipinski definition) is 4. The van der Waals surface area contributed by atoms with E-state index >= 15 is 0 Å². The monoisotopic (exact) mass is 444 g/mol. The molecule has 5 nitrogen and oxygen atoms in total. The molecule has 1 N–H and O–H groups in total. The lowest BCUT2D eigenvalue weighted by molar-refractivity contribution is -0.123. The van der Waals surface area contributed by atoms with Gasteiger partial charge < -0.3 is 14.8 Å². The Hall–Kier alpha value is -3.64. The first-order chi connectivity index (χ1) is 15.6. The number of thiocarbonyl (C=S) groups is 1. The Bertz CT molecular complexity index is 1150. The molecule has 1 amide bonds. The Morgan fingerprint density at radius 1 is 1.00 bits per heavy atom. The van der Waals surface area contributed by atoms with Gasteiger partial charge in [0.2, 0.25) is 0 Å². The number of ether oxygens (including phenoxy) is 2. The van der Waals surface area contributed by atoms with E-state index in [0.29, 0.717) is 28.9 Å². The summed E-state index contributed by atoms with van der Waals surface area (Å²) in [6, 6.07) is 25.2. The van der Waals surface area contributed by atoms with Gasteiger partial charge in [-0.15, -0.1) is 0 Å². The van der Waals surface area contributed by atoms with E-state index in [0.717, 1.165) is 16.7 Å². The molecular weight excluding hydrogens is 420 g/mol. The topological polar surface area (TPSA) is 50.8 Å². The molecule has 6 heteroatoms. The summed E-state index contributed by atoms with van der Waals surface area (Å²) >= 11 is 5.45. The molecule has 32 heavy (non-hydrogen) atoms. The van der Waals surface area contributed by atoms with E-state index in [1.54, 1.807) is 18.1 Å². The van der Waals surface area contributed by atoms with Crippen molar-refractivity contribution in [1.29, 1.82) is 0 Å². The predicted octanol–water partition coefficient (Wildman–Crippen LogP) is 5.09. The molecule has 0 radical (unpaired) electrons. The highest BCUT2D eigenvalue weighted by Crippen LogP contribution is 2.31. The van der Waals surface area contributed by atoms with Gasteiger partial charge in [-0.2, -0.15) is 0 Å². The summed E-state index contributed by atoms with van der Waals surface area (Å²) in [5.74, 6) is 1.08. The van der Waals surface area contributed by atoms with Crippen LogP contribution in [-0.2, 0) is 11.4 Å². The predicted molar refractivity (Wildman–Crippen MR) is 129 cm³/mol. The Morgan fingerprint density at radius 3 is 2.38 bits per heavy atom. The fraction of sp³-hybridized carbons (Fsp3) is 0.154. The van der Waals surface area contributed by atoms with Crippen molar-refractivity contribution in [2.45, 2.75) is 19.6 Å². The minimum atomic E-state index is -0.169. The van der Waals surface area contributed by atoms with Gasteiger partial charge in [0.05, 0.1) is 13.2 Å². The lowest BCUT2D eigenvalue weighted by Crippen LogP contribution is -2.33. The fourth-order valence-corrected chi connectivity index (χ4v) is 3.93. The lowest BCUT2D eigenvalue weighted by Gasteiger charge is -2.23. The van der Waals surface area contributed by atoms with Crippen molar-refractivity contribution in [3.8, 4) is 11.5 Å². The average Bonchev–Trinajstić information content (AvgIpc) is 3.11. The van der Waals surface area contributed by atoms with E-state index in [1.165, 1.54) is 0 Å². The van der Waals surface area contributed by atoms with Crippen molar-refractivity contribution in [2.75, 3.05) is 7.11 Å². The van der Waals surface area contributed by atoms with Crippen molar-refractivity contribution in [3.05, 3.63) is 101 Å². The van der Waals surface area contributed by atoms with Crippen LogP contribution < -0.4 is 14.8 Å². The molecule has 1 fully saturated rings. The number of nitrogens with zero attached hydrogens (tertiary/aromatic N) is 1. The third kappa shape index (κ3) is 4.65. The maximum Gasteiger partial charge on any atom is 0.277 e. The van der Waals surface area contributed by atoms with Gasteiger partial charge >= 0.3 is 0 Å². The molecule has 1 unspecified atom stereocenters. The van der Waals surface area contributed by atoms with E-state index in [-0.39, 0.29) is 11.9 Å². The Balaban J connectivity index is 1.52. The van der Waals surface area contributed by atoms with Crippen LogP contribution in [0.25, 0.3) is 6.08 Å². The molecular formula is C26H24N2O3S. The van der Waals surface area contributed by atoms with Gasteiger partial charge in [0.25, 0.3) is 5.91 Å². The van der Waals surface area contributed by atoms with Gasteiger partial charge in [0.15, 0.2) is 16.6 Å². The second kappa shape index (κ2) is 9.66. The van der Waals surface area contributed by atoms with Crippen LogP contribution in [0.15, 0.2) is 84.6 Å². The Labute approximate surface area is 193 Å². The molecule has 0 aromatic heterocycles. The zero-order valence-electron chi connectivity index (χ0n) is 17.9. The number of nitrogens with one attached hydrogen (secondary N) is 1. The maximum atomic E-state index is 13.1. The molecule has 3 aromatic rings. The third-order valence-corrected chi connectivity index (χ3v) is 5.61. The molecule has 4 rings (SSSR count). The highest BCUT2D eigenvalue weighted by atomic mass is 32.1. The SMILES string of the molecule is COc1cc(/C=C2\NC(=S)N(C(C)c3ccccc3)C2=O)ccc1OCc1ccccc1. The molecule has 162 valence electrons. The summed E-state index contributed by atoms with van der Waals surface area (Å²) in [6.45, 7) is 2.41. The maximum absolute atomic E-state index is 13.1. The Morgan fingerprint density at radius 2 is 1.69 bits per heavy atom. The van der Waals surface area contributed by atoms with Crippen LogP contribution in [0.4, 0.5) is 0 Å². The number of carbonyl (C=O) groups excluding carboxylic acids is 1. The van der Waals surface area contributed by atoms with Gasteiger partial charge in [-0.1, -0.05) is 66.7 Å². The van der Waals surface area contributed by atoms with Crippen molar-refractivity contribution < 1.29 is 14.3 Å². The molecule has 0 spiro atoms. The largest absolute Gasteiger partial charge is 0.493 e. The van der Waals surface area contributed by atoms with Crippen LogP contribution in [0.1, 0.15) is 29.7 Å². The fourth-order valence-electron chi connectivity index (χ4n) is 3.58. The van der Waals surface area contributed by atoms with Gasteiger partial charge in [-0.25, -0.2) is 0 Å². The highest BCUT2D eigenvalue weighted by Gasteiger charge is 2.34. The van der Waals surface area contributed by atoms with Crippen molar-refractivity contribution in [2.24, 2.45) is 0 Å². The molecule has 1 atom stereocenters. The van der Waals surface area contributed by atoms with E-state index < -0.39 is 0 Å². The third-order valence-electron chi connectivity index (χ3n) is 5.31. The van der Waals surface area contributed by atoms with Gasteiger partial charge in [0.1, 0.15) is 12.3 Å². The minimum Gasteiger partial charge on any atom is -0.493 e. The standard InChI is InChI=1S/C26H24N2O3S/c1-18(21-11-7-4-8-12-21)28-25(29)22(27-26(28)32)15-20-13-14-23(24(16-20)30-2)31-17-19-9-5-3-6-10-19/h3-16,18H,17H2,1-2H3,(H,27,32)/b22-15-. The van der Waals surface area contributed by atoms with E-state index in [9.17, 15) is 4.79 Å². The summed E-state index contributed by atoms with van der Waals surface area (Å²) < 4.78 is 11.4. The molecule has 3 aromatic carbocycles. The van der Waals surface area contributed by atoms with E-state index in [1.807, 2.05) is 85.8 Å². The average molecular weight is 445 g/mol. The van der Waals surface area contributed by atoms with Crippen LogP contribution in [0.5, 0.6) is 11.5 Å². The van der Waals surface area contributed by atoms with Gasteiger partial charge in [-0.05, 0) is 54.0 Å². The summed E-state index contributed by atoms with van der Waals surface area (Å²) in [4.78, 5) is 14.7. The highest BCUT2D eigenvalue weighted by molar-refractivity contribution is 7.80. The second-order valence-corrected chi connectivity index (χ2v) is 7.82. The summed E-state index contributed by atoms with van der Waals surface area (Å²) in [7, 11) is 1.60. The van der Waals surface area contributed by atoms with Crippen LogP contribution in [0.3, 0.4) is 0 Å². The summed E-state index contributed by atoms with van der Waals surface area (Å²) in [6.07, 6.45) is 1.77. The van der Waals surface area contributed by atoms with E-state index in [4.69, 9.17) is 21.7 Å². The zero-order chi connectivity index (χ0) is 22.5. The number of amides is 1. The zero-order valence-corrected chi connectivity index (χ0v) is 18.8. The molecule has 0 saturated carbocycles. The number of carbonyl (C=O) groups is 1. The van der Waals surface area contributed by atoms with E-state index in [2.05, 4.69) is 5.32 Å². The summed E-state index contributed by atoms with van der Waals surface area (Å²) in [5.41, 5.74) is 3.33. The lowest BCUT2D eigenvalue weighted by atomic mass is 10.1. The molecule has 0 bridgehead atoms. The Kier molecular flexibility index (Phi) is 6.52. The summed E-state index contributed by atoms with van der Waals surface area (Å²) in [5, 5.41) is 3.44. The first kappa shape index (κ1) is 21.6. The van der Waals surface area contributed by atoms with Crippen molar-refractivity contribution in [1.82, 2.24) is 10.2 Å². The molecule has 1 saturated heterocycles. The second-order valence-electron chi connectivity index (χ2n) is 7.43. The molecule has 1 aliphatic rings. The quantitative estimate of drug-likeness (QED) is 0.406. The smallest absolute Gasteiger partial charge is 0.277 e. The van der Waals surface area contributed by atoms with Crippen LogP contribution in [-0.4, -0.2) is 23.0 Å². The van der Waals surface area contributed by atoms with Gasteiger partial charge in [-0.3, -0.25) is 9.69 Å². The van der Waals surface area contributed by atoms with Crippen molar-refractivity contribution in [3.63, 3.8) is 0 Å². The molecule has 1 heterocycles. The number of benzene rings is 3. The van der Waals surface area contributed by atoms with Crippen molar-refractivity contribution >= 4 is 29.3 Å². The number of rotatable bonds is 7. The number of methoxy groups -OCH3 is 1. The van der Waals surface area contributed by atoms with Crippen LogP contribution in [0.2, 0.25) is 0 Å². The van der Waals surface area contributed by atoms with Gasteiger partial charge in [0, 0.05) is 0 Å². The first-order valence-electron chi connectivity index (χ1n) is 10.3. The minimum absolute atomic E-state index is 0.158. The first-order valence-corrected chi connectivity index (χ1v) is 10.7. The van der Waals surface area contributed by atoms with Crippen LogP contribution in [0, 0.1) is 0 Å². The van der Waals surface area contributed by atoms with Crippen LogP contribution >= 0.6 is 12.2 Å². The number of hydrogen-bond donors (Lipinski definition) is 1. The molecule has 1 aliphatic heterocycles.